The number of thioether (sulfide) groups is 1. The number of benzene rings is 4. The highest BCUT2D eigenvalue weighted by atomic mass is 127. The fourth-order valence-electron chi connectivity index (χ4n) is 4.16. The molecule has 4 aromatic carbocycles. The Labute approximate surface area is 227 Å². The van der Waals surface area contributed by atoms with Crippen LogP contribution in [0, 0.1) is 0 Å². The molecule has 0 aliphatic rings. The van der Waals surface area contributed by atoms with E-state index in [4.69, 9.17) is 21.0 Å². The van der Waals surface area contributed by atoms with Crippen molar-refractivity contribution >= 4 is 76.0 Å². The monoisotopic (exact) mass is 614 g/mol. The molecule has 0 atom stereocenters. The van der Waals surface area contributed by atoms with Gasteiger partial charge in [0.05, 0.1) is 10.6 Å². The smallest absolute Gasteiger partial charge is 0.251 e. The Morgan fingerprint density at radius 1 is 0.676 bits per heavy atom. The Balaban J connectivity index is 0.00000274. The van der Waals surface area contributed by atoms with E-state index in [1.54, 1.807) is 11.8 Å². The van der Waals surface area contributed by atoms with E-state index in [0.717, 1.165) is 16.1 Å². The first kappa shape index (κ1) is 25.0. The molecule has 0 unspecified atom stereocenters. The lowest BCUT2D eigenvalue weighted by molar-refractivity contribution is 0.488. The lowest BCUT2D eigenvalue weighted by atomic mass is 10.2. The van der Waals surface area contributed by atoms with E-state index in [2.05, 4.69) is 91.0 Å². The molecule has 0 fully saturated rings. The van der Waals surface area contributed by atoms with E-state index in [-0.39, 0.29) is 24.0 Å². The minimum absolute atomic E-state index is 0. The molecule has 0 bridgehead atoms. The minimum atomic E-state index is -2.34. The quantitative estimate of drug-likeness (QED) is 0.118. The van der Waals surface area contributed by atoms with Crippen LogP contribution in [0.15, 0.2) is 125 Å². The van der Waals surface area contributed by atoms with Gasteiger partial charge in [-0.2, -0.15) is 4.98 Å². The summed E-state index contributed by atoms with van der Waals surface area (Å²) in [7, 11) is -2.34. The van der Waals surface area contributed by atoms with Crippen LogP contribution in [0.5, 0.6) is 0 Å². The van der Waals surface area contributed by atoms with Crippen LogP contribution in [0.2, 0.25) is 5.02 Å². The van der Waals surface area contributed by atoms with Gasteiger partial charge in [-0.3, -0.25) is 0 Å². The Morgan fingerprint density at radius 2 is 1.12 bits per heavy atom. The molecule has 0 spiro atoms. The number of aromatic nitrogens is 1. The van der Waals surface area contributed by atoms with E-state index >= 15 is 0 Å². The molecule has 0 N–H and O–H groups in total. The summed E-state index contributed by atoms with van der Waals surface area (Å²) in [4.78, 5) is 5.19. The average molecular weight is 615 g/mol. The summed E-state index contributed by atoms with van der Waals surface area (Å²) >= 11 is 8.11. The number of oxazole rings is 1. The van der Waals surface area contributed by atoms with Crippen molar-refractivity contribution in [1.82, 2.24) is 4.98 Å². The van der Waals surface area contributed by atoms with Crippen LogP contribution < -0.4 is 21.3 Å². The summed E-state index contributed by atoms with van der Waals surface area (Å²) in [6.07, 6.45) is 2.04. The Morgan fingerprint density at radius 3 is 1.56 bits per heavy atom. The Kier molecular flexibility index (Phi) is 8.15. The second-order valence-electron chi connectivity index (χ2n) is 7.49. The number of hydrogen-bond acceptors (Lipinski definition) is 3. The van der Waals surface area contributed by atoms with Crippen LogP contribution in [-0.4, -0.2) is 11.2 Å². The van der Waals surface area contributed by atoms with Crippen LogP contribution in [0.4, 0.5) is 0 Å². The van der Waals surface area contributed by atoms with Crippen LogP contribution >= 0.6 is 54.6 Å². The van der Waals surface area contributed by atoms with Gasteiger partial charge in [-0.05, 0) is 54.8 Å². The molecule has 0 saturated heterocycles. The molecule has 5 aromatic rings. The van der Waals surface area contributed by atoms with Gasteiger partial charge >= 0.3 is 0 Å². The van der Waals surface area contributed by atoms with Gasteiger partial charge in [0.15, 0.2) is 7.26 Å². The SMILES string of the molecule is CSc1oc(-c2ccccc2Cl)nc1[P+](c1ccccc1)(c1ccccc1)c1ccccc1.I. The van der Waals surface area contributed by atoms with E-state index in [1.807, 2.05) is 30.5 Å². The molecule has 0 amide bonds. The van der Waals surface area contributed by atoms with Crippen LogP contribution in [0.25, 0.3) is 11.5 Å². The zero-order chi connectivity index (χ0) is 22.7. The van der Waals surface area contributed by atoms with Crippen molar-refractivity contribution in [2.24, 2.45) is 0 Å². The van der Waals surface area contributed by atoms with Gasteiger partial charge in [0.25, 0.3) is 5.44 Å². The second kappa shape index (κ2) is 11.1. The maximum absolute atomic E-state index is 6.53. The van der Waals surface area contributed by atoms with Gasteiger partial charge in [-0.15, -0.1) is 24.0 Å². The van der Waals surface area contributed by atoms with Crippen molar-refractivity contribution in [1.29, 1.82) is 0 Å². The third-order valence-corrected chi connectivity index (χ3v) is 10.9. The zero-order valence-electron chi connectivity index (χ0n) is 18.5. The molecule has 5 rings (SSSR count). The Hall–Kier alpha value is -2.11. The standard InChI is InChI=1S/C28H22ClNOPS.HI/c1-33-28-27(30-26(31-28)24-19-11-12-20-25(24)29)32(21-13-5-2-6-14-21,22-15-7-3-8-16-22)23-17-9-4-10-18-23;/h2-20H,1H3;1H/q+1;. The van der Waals surface area contributed by atoms with E-state index < -0.39 is 7.26 Å². The van der Waals surface area contributed by atoms with Crippen LogP contribution in [-0.2, 0) is 0 Å². The molecular weight excluding hydrogens is 592 g/mol. The summed E-state index contributed by atoms with van der Waals surface area (Å²) in [5, 5.41) is 5.14. The fourth-order valence-corrected chi connectivity index (χ4v) is 9.50. The van der Waals surface area contributed by atoms with Gasteiger partial charge in [-0.25, -0.2) is 0 Å². The van der Waals surface area contributed by atoms with E-state index in [9.17, 15) is 0 Å². The third-order valence-electron chi connectivity index (χ3n) is 5.62. The molecular formula is C28H23ClINOPS+. The summed E-state index contributed by atoms with van der Waals surface area (Å²) < 4.78 is 6.40. The second-order valence-corrected chi connectivity index (χ2v) is 12.0. The molecule has 6 heteroatoms. The van der Waals surface area contributed by atoms with Crippen molar-refractivity contribution in [2.45, 2.75) is 5.09 Å². The molecule has 0 radical (unpaired) electrons. The highest BCUT2D eigenvalue weighted by Gasteiger charge is 2.52. The zero-order valence-corrected chi connectivity index (χ0v) is 23.3. The lowest BCUT2D eigenvalue weighted by Gasteiger charge is -2.25. The van der Waals surface area contributed by atoms with Crippen molar-refractivity contribution in [3.8, 4) is 11.5 Å². The predicted molar refractivity (Wildman–Crippen MR) is 159 cm³/mol. The summed E-state index contributed by atoms with van der Waals surface area (Å²) in [6.45, 7) is 0. The summed E-state index contributed by atoms with van der Waals surface area (Å²) in [5.41, 5.74) is 1.77. The summed E-state index contributed by atoms with van der Waals surface area (Å²) in [5.74, 6) is 0.548. The molecule has 34 heavy (non-hydrogen) atoms. The largest absolute Gasteiger partial charge is 0.425 e. The Bertz CT molecular complexity index is 1270. The third kappa shape index (κ3) is 4.45. The van der Waals surface area contributed by atoms with Crippen molar-refractivity contribution in [3.63, 3.8) is 0 Å². The fraction of sp³-hybridized carbons (Fsp3) is 0.0357. The van der Waals surface area contributed by atoms with Crippen molar-refractivity contribution < 1.29 is 4.42 Å². The molecule has 170 valence electrons. The van der Waals surface area contributed by atoms with Gasteiger partial charge in [0, 0.05) is 0 Å². The number of hydrogen-bond donors (Lipinski definition) is 0. The first-order chi connectivity index (χ1) is 16.2. The maximum atomic E-state index is 6.53. The lowest BCUT2D eigenvalue weighted by Crippen LogP contribution is -2.39. The van der Waals surface area contributed by atoms with Crippen molar-refractivity contribution in [2.75, 3.05) is 6.26 Å². The predicted octanol–water partition coefficient (Wildman–Crippen LogP) is 6.95. The topological polar surface area (TPSA) is 26.0 Å². The molecule has 1 aromatic heterocycles. The normalized spacial score (nSPS) is 11.1. The molecule has 0 aliphatic heterocycles. The van der Waals surface area contributed by atoms with Crippen LogP contribution in [0.1, 0.15) is 0 Å². The number of halogens is 2. The summed E-state index contributed by atoms with van der Waals surface area (Å²) in [6, 6.07) is 39.7. The maximum Gasteiger partial charge on any atom is 0.251 e. The molecule has 0 aliphatic carbocycles. The first-order valence-corrected chi connectivity index (χ1v) is 14.0. The number of rotatable bonds is 6. The molecule has 2 nitrogen and oxygen atoms in total. The van der Waals surface area contributed by atoms with E-state index in [0.29, 0.717) is 10.9 Å². The highest BCUT2D eigenvalue weighted by Crippen LogP contribution is 2.56. The first-order valence-electron chi connectivity index (χ1n) is 10.6. The van der Waals surface area contributed by atoms with Crippen molar-refractivity contribution in [3.05, 3.63) is 120 Å². The van der Waals surface area contributed by atoms with Gasteiger partial charge < -0.3 is 4.42 Å². The highest BCUT2D eigenvalue weighted by molar-refractivity contribution is 14.0. The number of nitrogens with zero attached hydrogens (tertiary/aromatic N) is 1. The van der Waals surface area contributed by atoms with Gasteiger partial charge in [-0.1, -0.05) is 90.1 Å². The van der Waals surface area contributed by atoms with Gasteiger partial charge in [0.2, 0.25) is 11.0 Å². The molecule has 0 saturated carbocycles. The average Bonchev–Trinajstić information content (AvgIpc) is 3.31. The van der Waals surface area contributed by atoms with Crippen LogP contribution in [0.3, 0.4) is 0 Å². The minimum Gasteiger partial charge on any atom is -0.425 e. The van der Waals surface area contributed by atoms with E-state index in [1.165, 1.54) is 15.9 Å². The molecule has 1 heterocycles. The van der Waals surface area contributed by atoms with Gasteiger partial charge in [0.1, 0.15) is 15.9 Å².